The summed E-state index contributed by atoms with van der Waals surface area (Å²) in [6, 6.07) is 6.29. The van der Waals surface area contributed by atoms with Crippen LogP contribution in [0.5, 0.6) is 0 Å². The number of rotatable bonds is 0. The molecule has 1 amide bonds. The molecule has 0 aliphatic carbocycles. The Balaban J connectivity index is 2.43. The van der Waals surface area contributed by atoms with Gasteiger partial charge in [0.25, 0.3) is 5.91 Å². The molecule has 0 radical (unpaired) electrons. The van der Waals surface area contributed by atoms with Gasteiger partial charge in [-0.2, -0.15) is 0 Å². The Morgan fingerprint density at radius 3 is 2.76 bits per heavy atom. The second-order valence-corrected chi connectivity index (χ2v) is 4.83. The Labute approximate surface area is 101 Å². The lowest BCUT2D eigenvalue weighted by Gasteiger charge is -2.23. The van der Waals surface area contributed by atoms with Crippen LogP contribution in [0.1, 0.15) is 21.6 Å². The Morgan fingerprint density at radius 2 is 2.00 bits per heavy atom. The maximum absolute atomic E-state index is 12.2. The summed E-state index contributed by atoms with van der Waals surface area (Å²) < 4.78 is 2.05. The van der Waals surface area contributed by atoms with E-state index in [1.807, 2.05) is 14.1 Å². The quantitative estimate of drug-likeness (QED) is 0.678. The first-order chi connectivity index (χ1) is 8.11. The van der Waals surface area contributed by atoms with E-state index in [0.717, 1.165) is 18.7 Å². The first kappa shape index (κ1) is 10.4. The zero-order chi connectivity index (χ0) is 12.2. The number of carbonyl (C=O) groups excluding carboxylic acids is 1. The summed E-state index contributed by atoms with van der Waals surface area (Å²) in [5.74, 6) is 0.143. The van der Waals surface area contributed by atoms with Gasteiger partial charge in [-0.3, -0.25) is 4.79 Å². The fourth-order valence-electron chi connectivity index (χ4n) is 2.88. The molecule has 1 aromatic heterocycles. The number of fused-ring (bicyclic) bond motifs is 3. The van der Waals surface area contributed by atoms with E-state index in [2.05, 4.69) is 29.7 Å². The van der Waals surface area contributed by atoms with E-state index < -0.39 is 0 Å². The van der Waals surface area contributed by atoms with Gasteiger partial charge in [0.05, 0.1) is 5.52 Å². The van der Waals surface area contributed by atoms with Crippen molar-refractivity contribution in [1.29, 1.82) is 0 Å². The largest absolute Gasteiger partial charge is 0.340 e. The molecule has 0 fully saturated rings. The first-order valence-electron chi connectivity index (χ1n) is 5.93. The number of para-hydroxylation sites is 1. The van der Waals surface area contributed by atoms with Gasteiger partial charge < -0.3 is 9.47 Å². The summed E-state index contributed by atoms with van der Waals surface area (Å²) >= 11 is 0. The molecule has 0 bridgehead atoms. The van der Waals surface area contributed by atoms with E-state index in [1.165, 1.54) is 22.0 Å². The van der Waals surface area contributed by atoms with Crippen molar-refractivity contribution in [1.82, 2.24) is 9.47 Å². The zero-order valence-electron chi connectivity index (χ0n) is 10.4. The number of hydrogen-bond acceptors (Lipinski definition) is 1. The van der Waals surface area contributed by atoms with Gasteiger partial charge in [-0.1, -0.05) is 18.2 Å². The van der Waals surface area contributed by atoms with Crippen molar-refractivity contribution in [3.63, 3.8) is 0 Å². The molecular formula is C14H16N2O. The van der Waals surface area contributed by atoms with Crippen molar-refractivity contribution in [2.75, 3.05) is 13.6 Å². The Bertz CT molecular complexity index is 625. The monoisotopic (exact) mass is 228 g/mol. The summed E-state index contributed by atoms with van der Waals surface area (Å²) in [4.78, 5) is 14.0. The van der Waals surface area contributed by atoms with Gasteiger partial charge in [0.2, 0.25) is 0 Å². The number of hydrogen-bond donors (Lipinski definition) is 0. The molecule has 17 heavy (non-hydrogen) atoms. The lowest BCUT2D eigenvalue weighted by molar-refractivity contribution is 0.0771. The summed E-state index contributed by atoms with van der Waals surface area (Å²) in [6.45, 7) is 2.92. The van der Waals surface area contributed by atoms with Crippen molar-refractivity contribution in [2.45, 2.75) is 13.3 Å². The smallest absolute Gasteiger partial charge is 0.270 e. The molecule has 88 valence electrons. The molecule has 2 heterocycles. The lowest BCUT2D eigenvalue weighted by Crippen LogP contribution is -2.35. The maximum atomic E-state index is 12.2. The fourth-order valence-corrected chi connectivity index (χ4v) is 2.88. The molecule has 0 unspecified atom stereocenters. The minimum absolute atomic E-state index is 0.143. The van der Waals surface area contributed by atoms with Gasteiger partial charge in [0.1, 0.15) is 5.69 Å². The van der Waals surface area contributed by atoms with Crippen molar-refractivity contribution < 1.29 is 4.79 Å². The Hall–Kier alpha value is -1.77. The van der Waals surface area contributed by atoms with Crippen LogP contribution in [0.15, 0.2) is 18.2 Å². The number of aryl methyl sites for hydroxylation is 2. The molecule has 0 atom stereocenters. The van der Waals surface area contributed by atoms with Crippen LogP contribution in [0.4, 0.5) is 0 Å². The normalized spacial score (nSPS) is 15.5. The van der Waals surface area contributed by atoms with E-state index >= 15 is 0 Å². The molecule has 3 heteroatoms. The van der Waals surface area contributed by atoms with Crippen LogP contribution in [0.25, 0.3) is 10.9 Å². The third kappa shape index (κ3) is 1.25. The molecule has 3 rings (SSSR count). The molecule has 1 aliphatic heterocycles. The summed E-state index contributed by atoms with van der Waals surface area (Å²) in [5.41, 5.74) is 4.51. The number of benzene rings is 1. The number of likely N-dealkylation sites (N-methyl/N-ethyl adjacent to an activating group) is 1. The van der Waals surface area contributed by atoms with Gasteiger partial charge in [0.15, 0.2) is 0 Å². The van der Waals surface area contributed by atoms with Crippen molar-refractivity contribution in [3.8, 4) is 0 Å². The molecule has 2 aromatic rings. The number of aromatic nitrogens is 1. The lowest BCUT2D eigenvalue weighted by atomic mass is 10.0. The zero-order valence-corrected chi connectivity index (χ0v) is 10.4. The summed E-state index contributed by atoms with van der Waals surface area (Å²) in [7, 11) is 3.86. The molecular weight excluding hydrogens is 212 g/mol. The van der Waals surface area contributed by atoms with Crippen LogP contribution in [0.3, 0.4) is 0 Å². The molecule has 1 aromatic carbocycles. The predicted molar refractivity (Wildman–Crippen MR) is 68.3 cm³/mol. The third-order valence-corrected chi connectivity index (χ3v) is 3.77. The first-order valence-corrected chi connectivity index (χ1v) is 5.93. The van der Waals surface area contributed by atoms with Crippen LogP contribution in [0.2, 0.25) is 0 Å². The predicted octanol–water partition coefficient (Wildman–Crippen LogP) is 2.11. The highest BCUT2D eigenvalue weighted by Gasteiger charge is 2.27. The standard InChI is InChI=1S/C14H16N2O/c1-9-5-4-6-10-11-7-8-15(2)14(17)13(11)16(3)12(9)10/h4-6H,7-8H2,1-3H3. The number of nitrogens with zero attached hydrogens (tertiary/aromatic N) is 2. The summed E-state index contributed by atoms with van der Waals surface area (Å²) in [6.07, 6.45) is 0.957. The fraction of sp³-hybridized carbons (Fsp3) is 0.357. The van der Waals surface area contributed by atoms with Gasteiger partial charge in [-0.15, -0.1) is 0 Å². The molecule has 3 nitrogen and oxygen atoms in total. The topological polar surface area (TPSA) is 25.2 Å². The van der Waals surface area contributed by atoms with Crippen molar-refractivity contribution in [3.05, 3.63) is 35.0 Å². The van der Waals surface area contributed by atoms with Crippen molar-refractivity contribution >= 4 is 16.8 Å². The van der Waals surface area contributed by atoms with Gasteiger partial charge in [-0.25, -0.2) is 0 Å². The third-order valence-electron chi connectivity index (χ3n) is 3.77. The Morgan fingerprint density at radius 1 is 1.24 bits per heavy atom. The van der Waals surface area contributed by atoms with Crippen LogP contribution in [-0.4, -0.2) is 29.0 Å². The highest BCUT2D eigenvalue weighted by molar-refractivity contribution is 6.03. The van der Waals surface area contributed by atoms with Gasteiger partial charge >= 0.3 is 0 Å². The average Bonchev–Trinajstić information content (AvgIpc) is 2.59. The van der Waals surface area contributed by atoms with E-state index in [-0.39, 0.29) is 5.91 Å². The van der Waals surface area contributed by atoms with E-state index in [1.54, 1.807) is 4.90 Å². The van der Waals surface area contributed by atoms with Crippen LogP contribution in [-0.2, 0) is 13.5 Å². The number of amides is 1. The summed E-state index contributed by atoms with van der Waals surface area (Å²) in [5, 5.41) is 1.24. The Kier molecular flexibility index (Phi) is 2.05. The van der Waals surface area contributed by atoms with Crippen molar-refractivity contribution in [2.24, 2.45) is 7.05 Å². The van der Waals surface area contributed by atoms with Crippen LogP contribution < -0.4 is 0 Å². The van der Waals surface area contributed by atoms with Crippen LogP contribution in [0, 0.1) is 6.92 Å². The van der Waals surface area contributed by atoms with E-state index in [0.29, 0.717) is 0 Å². The SMILES string of the molecule is Cc1cccc2c3c(n(C)c12)C(=O)N(C)CC3. The van der Waals surface area contributed by atoms with E-state index in [4.69, 9.17) is 0 Å². The second kappa shape index (κ2) is 3.36. The molecule has 0 saturated carbocycles. The minimum Gasteiger partial charge on any atom is -0.340 e. The number of carbonyl (C=O) groups is 1. The van der Waals surface area contributed by atoms with Gasteiger partial charge in [0, 0.05) is 26.0 Å². The highest BCUT2D eigenvalue weighted by Crippen LogP contribution is 2.31. The maximum Gasteiger partial charge on any atom is 0.270 e. The van der Waals surface area contributed by atoms with E-state index in [9.17, 15) is 4.79 Å². The molecule has 0 saturated heterocycles. The average molecular weight is 228 g/mol. The highest BCUT2D eigenvalue weighted by atomic mass is 16.2. The molecule has 1 aliphatic rings. The second-order valence-electron chi connectivity index (χ2n) is 4.83. The van der Waals surface area contributed by atoms with Gasteiger partial charge in [-0.05, 0) is 24.5 Å². The minimum atomic E-state index is 0.143. The molecule has 0 N–H and O–H groups in total. The van der Waals surface area contributed by atoms with Crippen LogP contribution >= 0.6 is 0 Å². The molecule has 0 spiro atoms.